The van der Waals surface area contributed by atoms with Crippen LogP contribution < -0.4 is 0 Å². The molecule has 0 fully saturated rings. The Morgan fingerprint density at radius 1 is 1.00 bits per heavy atom. The Hall–Kier alpha value is 0.647. The summed E-state index contributed by atoms with van der Waals surface area (Å²) in [6.07, 6.45) is 4.48. The Kier molecular flexibility index (Phi) is 3.92. The third-order valence-electron chi connectivity index (χ3n) is 2.29. The summed E-state index contributed by atoms with van der Waals surface area (Å²) in [5.74, 6) is 0. The zero-order valence-corrected chi connectivity index (χ0v) is 9.46. The average Bonchev–Trinajstić information content (AvgIpc) is 1.87. The van der Waals surface area contributed by atoms with Crippen LogP contribution in [0.15, 0.2) is 0 Å². The Morgan fingerprint density at radius 3 is 1.25 bits per heavy atom. The second-order valence-corrected chi connectivity index (χ2v) is 13.4. The maximum atomic E-state index is 2.35. The number of rotatable bonds is 3. The molecular weight excluding hydrogens is 131 g/mol. The lowest BCUT2D eigenvalue weighted by atomic mass is 10.9. The monoisotopic (exact) mass is 149 g/mol. The number of hydrogen-bond acceptors (Lipinski definition) is 0. The van der Waals surface area contributed by atoms with Gasteiger partial charge >= 0.3 is 0 Å². The van der Waals surface area contributed by atoms with Gasteiger partial charge in [-0.15, -0.1) is 0 Å². The summed E-state index contributed by atoms with van der Waals surface area (Å²) in [5.41, 5.74) is 0. The highest BCUT2D eigenvalue weighted by atomic mass is 31.4. The van der Waals surface area contributed by atoms with E-state index in [4.69, 9.17) is 0 Å². The summed E-state index contributed by atoms with van der Waals surface area (Å²) in [7, 11) is 1.48. The average molecular weight is 149 g/mol. The van der Waals surface area contributed by atoms with Gasteiger partial charge in [0.25, 0.3) is 0 Å². The van der Waals surface area contributed by atoms with E-state index in [1.165, 1.54) is 28.4 Å². The van der Waals surface area contributed by atoms with Gasteiger partial charge in [-0.3, -0.25) is 0 Å². The van der Waals surface area contributed by atoms with Gasteiger partial charge < -0.3 is 0 Å². The smallest absolute Gasteiger partial charge is 0.0324 e. The van der Waals surface area contributed by atoms with Crippen LogP contribution in [-0.2, 0) is 0 Å². The second-order valence-electron chi connectivity index (χ2n) is 2.57. The van der Waals surface area contributed by atoms with Crippen LogP contribution in [0.4, 0.5) is 0 Å². The lowest BCUT2D eigenvalue weighted by Gasteiger charge is -2.17. The Morgan fingerprint density at radius 2 is 1.25 bits per heavy atom. The van der Waals surface area contributed by atoms with Crippen molar-refractivity contribution in [1.29, 1.82) is 0 Å². The van der Waals surface area contributed by atoms with Crippen molar-refractivity contribution in [2.75, 3.05) is 18.5 Å². The van der Waals surface area contributed by atoms with Gasteiger partial charge in [-0.2, -0.15) is 0 Å². The highest BCUT2D eigenvalue weighted by Gasteiger charge is 2.21. The first-order chi connectivity index (χ1) is 3.68. The summed E-state index contributed by atoms with van der Waals surface area (Å²) in [5, 5.41) is 0. The molecule has 0 atom stereocenters. The van der Waals surface area contributed by atoms with Crippen molar-refractivity contribution in [3.05, 3.63) is 0 Å². The third kappa shape index (κ3) is 2.28. The van der Waals surface area contributed by atoms with E-state index in [1.807, 2.05) is 0 Å². The van der Waals surface area contributed by atoms with Crippen molar-refractivity contribution in [2.24, 2.45) is 0 Å². The van der Waals surface area contributed by atoms with Gasteiger partial charge in [0.2, 0.25) is 0 Å². The molecular formula is C6H18PSi+. The van der Waals surface area contributed by atoms with E-state index in [-0.39, 0.29) is 6.81 Å². The van der Waals surface area contributed by atoms with E-state index in [0.29, 0.717) is 0 Å². The molecule has 8 heavy (non-hydrogen) atoms. The number of hydrogen-bond donors (Lipinski definition) is 0. The maximum absolute atomic E-state index is 2.35. The molecule has 0 aliphatic carbocycles. The molecule has 0 aromatic rings. The summed E-state index contributed by atoms with van der Waals surface area (Å²) in [4.78, 5) is 0. The summed E-state index contributed by atoms with van der Waals surface area (Å²) in [6.45, 7) is 6.79. The van der Waals surface area contributed by atoms with Crippen LogP contribution in [0.5, 0.6) is 0 Å². The highest BCUT2D eigenvalue weighted by Crippen LogP contribution is 2.52. The molecule has 0 unspecified atom stereocenters. The first-order valence-corrected chi connectivity index (χ1v) is 8.99. The van der Waals surface area contributed by atoms with Gasteiger partial charge in [-0.1, -0.05) is 0 Å². The van der Waals surface area contributed by atoms with Gasteiger partial charge in [0.05, 0.1) is 0 Å². The Bertz CT molecular complexity index is 51.3. The largest absolute Gasteiger partial charge is 0.184 e. The van der Waals surface area contributed by atoms with Crippen LogP contribution in [-0.4, -0.2) is 28.4 Å². The maximum Gasteiger partial charge on any atom is 0.184 e. The molecule has 0 heterocycles. The summed E-state index contributed by atoms with van der Waals surface area (Å²) >= 11 is 0. The van der Waals surface area contributed by atoms with E-state index in [0.717, 1.165) is 0 Å². The molecule has 0 saturated carbocycles. The zero-order valence-electron chi connectivity index (χ0n) is 6.57. The molecule has 0 aliphatic heterocycles. The van der Waals surface area contributed by atoms with Crippen LogP contribution in [0.2, 0.25) is 0 Å². The molecule has 0 aliphatic rings. The van der Waals surface area contributed by atoms with Gasteiger partial charge in [0.1, 0.15) is 0 Å². The standard InChI is InChI=1S/C6H18PSi/c1-4-7(8,5-2)6-3/h4-6H2,1-3,8H3/q+1. The molecule has 0 rings (SSSR count). The quantitative estimate of drug-likeness (QED) is 0.420. The molecule has 2 heteroatoms. The minimum atomic E-state index is -0.273. The molecule has 0 nitrogen and oxygen atoms in total. The minimum Gasteiger partial charge on any atom is -0.0324 e. The third-order valence-corrected chi connectivity index (χ3v) is 12.6. The molecule has 50 valence electrons. The SMILES string of the molecule is CC[P+]([SiH3])(CC)CC. The molecule has 0 aromatic carbocycles. The molecule has 0 radical (unpaired) electrons. The van der Waals surface area contributed by atoms with Gasteiger partial charge in [0, 0.05) is 18.5 Å². The Balaban J connectivity index is 3.58. The molecule has 0 amide bonds. The lowest BCUT2D eigenvalue weighted by Crippen LogP contribution is -2.00. The molecule has 0 saturated heterocycles. The van der Waals surface area contributed by atoms with Crippen LogP contribution in [0, 0.1) is 0 Å². The predicted octanol–water partition coefficient (Wildman–Crippen LogP) is 1.34. The van der Waals surface area contributed by atoms with Crippen LogP contribution in [0.1, 0.15) is 20.8 Å². The molecule has 0 N–H and O–H groups in total. The van der Waals surface area contributed by atoms with E-state index in [9.17, 15) is 0 Å². The second kappa shape index (κ2) is 3.63. The van der Waals surface area contributed by atoms with Crippen molar-refractivity contribution in [2.45, 2.75) is 20.8 Å². The van der Waals surface area contributed by atoms with Crippen molar-refractivity contribution in [3.8, 4) is 0 Å². The summed E-state index contributed by atoms with van der Waals surface area (Å²) < 4.78 is 0. The van der Waals surface area contributed by atoms with Gasteiger partial charge in [0.15, 0.2) is 9.91 Å². The fourth-order valence-corrected chi connectivity index (χ4v) is 2.01. The van der Waals surface area contributed by atoms with Gasteiger partial charge in [-0.05, 0) is 27.6 Å². The van der Waals surface area contributed by atoms with Crippen LogP contribution >= 0.6 is 6.81 Å². The minimum absolute atomic E-state index is 0.273. The Labute approximate surface area is 56.7 Å². The topological polar surface area (TPSA) is 0 Å². The van der Waals surface area contributed by atoms with Crippen molar-refractivity contribution in [3.63, 3.8) is 0 Å². The molecule has 0 aromatic heterocycles. The highest BCUT2D eigenvalue weighted by molar-refractivity contribution is 7.97. The fourth-order valence-electron chi connectivity index (χ4n) is 0.671. The van der Waals surface area contributed by atoms with Crippen LogP contribution in [0.3, 0.4) is 0 Å². The zero-order chi connectivity index (χ0) is 6.62. The normalized spacial score (nSPS) is 12.4. The molecule has 0 bridgehead atoms. The fraction of sp³-hybridized carbons (Fsp3) is 1.00. The van der Waals surface area contributed by atoms with Crippen molar-refractivity contribution in [1.82, 2.24) is 0 Å². The van der Waals surface area contributed by atoms with Crippen LogP contribution in [0.25, 0.3) is 0 Å². The lowest BCUT2D eigenvalue weighted by molar-refractivity contribution is 1.34. The van der Waals surface area contributed by atoms with E-state index >= 15 is 0 Å². The van der Waals surface area contributed by atoms with E-state index in [2.05, 4.69) is 20.8 Å². The van der Waals surface area contributed by atoms with E-state index in [1.54, 1.807) is 0 Å². The first kappa shape index (κ1) is 8.65. The first-order valence-electron chi connectivity index (χ1n) is 3.52. The van der Waals surface area contributed by atoms with E-state index < -0.39 is 0 Å². The van der Waals surface area contributed by atoms with Gasteiger partial charge in [-0.25, -0.2) is 0 Å². The predicted molar refractivity (Wildman–Crippen MR) is 48.5 cm³/mol. The summed E-state index contributed by atoms with van der Waals surface area (Å²) in [6, 6.07) is 0. The van der Waals surface area contributed by atoms with Crippen molar-refractivity contribution < 1.29 is 0 Å². The molecule has 0 spiro atoms. The van der Waals surface area contributed by atoms with Crippen molar-refractivity contribution >= 4 is 16.7 Å².